The Morgan fingerprint density at radius 3 is 2.31 bits per heavy atom. The predicted octanol–water partition coefficient (Wildman–Crippen LogP) is 2.30. The van der Waals surface area contributed by atoms with E-state index in [4.69, 9.17) is 4.74 Å². The van der Waals surface area contributed by atoms with Crippen LogP contribution in [0.3, 0.4) is 0 Å². The molecule has 0 saturated carbocycles. The van der Waals surface area contributed by atoms with Crippen molar-refractivity contribution < 1.29 is 9.53 Å². The zero-order chi connectivity index (χ0) is 9.90. The normalized spacial score (nSPS) is 11.0. The van der Waals surface area contributed by atoms with Gasteiger partial charge in [-0.05, 0) is 26.0 Å². The van der Waals surface area contributed by atoms with E-state index in [1.54, 1.807) is 26.0 Å². The highest BCUT2D eigenvalue weighted by Crippen LogP contribution is 2.17. The first-order chi connectivity index (χ1) is 6.00. The molecule has 0 unspecified atom stereocenters. The fraction of sp³-hybridized carbons (Fsp3) is 0.300. The van der Waals surface area contributed by atoms with E-state index < -0.39 is 4.75 Å². The summed E-state index contributed by atoms with van der Waals surface area (Å²) in [5.74, 6) is 0.205. The van der Waals surface area contributed by atoms with Crippen molar-refractivity contribution >= 4 is 18.6 Å². The van der Waals surface area contributed by atoms with Crippen LogP contribution in [0.5, 0.6) is 5.75 Å². The number of esters is 1. The van der Waals surface area contributed by atoms with Gasteiger partial charge in [0.05, 0.1) is 0 Å². The molecule has 1 aromatic rings. The highest BCUT2D eigenvalue weighted by atomic mass is 32.1. The molecule has 1 aromatic carbocycles. The average Bonchev–Trinajstić information content (AvgIpc) is 2.04. The standard InChI is InChI=1S/C10H12O2S/c1-10(2,13)9(11)12-8-6-4-3-5-7-8/h3-7,13H,1-2H3. The van der Waals surface area contributed by atoms with E-state index in [1.165, 1.54) is 0 Å². The minimum atomic E-state index is -0.754. The minimum absolute atomic E-state index is 0.345. The van der Waals surface area contributed by atoms with Crippen molar-refractivity contribution in [2.45, 2.75) is 18.6 Å². The van der Waals surface area contributed by atoms with Crippen molar-refractivity contribution in [3.8, 4) is 5.75 Å². The maximum absolute atomic E-state index is 11.3. The molecule has 0 amide bonds. The summed E-state index contributed by atoms with van der Waals surface area (Å²) < 4.78 is 4.31. The molecule has 0 aliphatic heterocycles. The molecular formula is C10H12O2S. The lowest BCUT2D eigenvalue weighted by molar-refractivity contribution is -0.136. The lowest BCUT2D eigenvalue weighted by Crippen LogP contribution is -2.29. The Bertz CT molecular complexity index is 288. The number of carbonyl (C=O) groups is 1. The third-order valence-corrected chi connectivity index (χ3v) is 1.64. The zero-order valence-electron chi connectivity index (χ0n) is 7.65. The molecule has 3 heteroatoms. The van der Waals surface area contributed by atoms with Gasteiger partial charge in [0.25, 0.3) is 0 Å². The van der Waals surface area contributed by atoms with Crippen molar-refractivity contribution in [1.29, 1.82) is 0 Å². The number of ether oxygens (including phenoxy) is 1. The molecule has 0 atom stereocenters. The van der Waals surface area contributed by atoms with Gasteiger partial charge in [-0.1, -0.05) is 18.2 Å². The Kier molecular flexibility index (Phi) is 2.98. The molecule has 0 radical (unpaired) electrons. The lowest BCUT2D eigenvalue weighted by atomic mass is 10.2. The summed E-state index contributed by atoms with van der Waals surface area (Å²) in [7, 11) is 0. The average molecular weight is 196 g/mol. The van der Waals surface area contributed by atoms with Crippen LogP contribution >= 0.6 is 12.6 Å². The van der Waals surface area contributed by atoms with Gasteiger partial charge in [0.1, 0.15) is 10.5 Å². The molecule has 0 aromatic heterocycles. The van der Waals surface area contributed by atoms with E-state index in [0.29, 0.717) is 5.75 Å². The quantitative estimate of drug-likeness (QED) is 0.446. The molecule has 0 heterocycles. The van der Waals surface area contributed by atoms with Crippen LogP contribution in [0, 0.1) is 0 Å². The van der Waals surface area contributed by atoms with Gasteiger partial charge in [-0.15, -0.1) is 0 Å². The Morgan fingerprint density at radius 2 is 1.85 bits per heavy atom. The molecule has 0 fully saturated rings. The van der Waals surface area contributed by atoms with E-state index in [9.17, 15) is 4.79 Å². The summed E-state index contributed by atoms with van der Waals surface area (Å²) >= 11 is 4.11. The molecule has 0 saturated heterocycles. The van der Waals surface area contributed by atoms with Gasteiger partial charge in [-0.25, -0.2) is 0 Å². The summed E-state index contributed by atoms with van der Waals surface area (Å²) in [4.78, 5) is 11.3. The third-order valence-electron chi connectivity index (χ3n) is 1.45. The summed E-state index contributed by atoms with van der Waals surface area (Å²) in [5.41, 5.74) is 0. The van der Waals surface area contributed by atoms with Crippen LogP contribution in [-0.2, 0) is 4.79 Å². The van der Waals surface area contributed by atoms with Crippen molar-refractivity contribution in [2.24, 2.45) is 0 Å². The number of para-hydroxylation sites is 1. The molecular weight excluding hydrogens is 184 g/mol. The fourth-order valence-electron chi connectivity index (χ4n) is 0.720. The van der Waals surface area contributed by atoms with Gasteiger partial charge in [-0.2, -0.15) is 12.6 Å². The number of hydrogen-bond donors (Lipinski definition) is 1. The van der Waals surface area contributed by atoms with Gasteiger partial charge in [0, 0.05) is 0 Å². The second-order valence-corrected chi connectivity index (χ2v) is 4.38. The van der Waals surface area contributed by atoms with Gasteiger partial charge in [0.2, 0.25) is 0 Å². The first kappa shape index (κ1) is 10.1. The molecule has 0 aliphatic rings. The highest BCUT2D eigenvalue weighted by molar-refractivity contribution is 7.82. The molecule has 0 N–H and O–H groups in total. The predicted molar refractivity (Wildman–Crippen MR) is 55.1 cm³/mol. The van der Waals surface area contributed by atoms with Crippen LogP contribution < -0.4 is 4.74 Å². The second kappa shape index (κ2) is 3.83. The third kappa shape index (κ3) is 3.11. The van der Waals surface area contributed by atoms with E-state index >= 15 is 0 Å². The molecule has 0 spiro atoms. The SMILES string of the molecule is CC(C)(S)C(=O)Oc1ccccc1. The molecule has 1 rings (SSSR count). The second-order valence-electron chi connectivity index (χ2n) is 3.26. The number of thiol groups is 1. The minimum Gasteiger partial charge on any atom is -0.426 e. The fourth-order valence-corrected chi connectivity index (χ4v) is 0.766. The largest absolute Gasteiger partial charge is 0.426 e. The van der Waals surface area contributed by atoms with E-state index in [1.807, 2.05) is 18.2 Å². The maximum atomic E-state index is 11.3. The highest BCUT2D eigenvalue weighted by Gasteiger charge is 2.24. The smallest absolute Gasteiger partial charge is 0.326 e. The Balaban J connectivity index is 2.66. The monoisotopic (exact) mass is 196 g/mol. The lowest BCUT2D eigenvalue weighted by Gasteiger charge is -2.15. The van der Waals surface area contributed by atoms with Crippen LogP contribution in [-0.4, -0.2) is 10.7 Å². The zero-order valence-corrected chi connectivity index (χ0v) is 8.54. The Labute approximate surface area is 83.3 Å². The number of carbonyl (C=O) groups excluding carboxylic acids is 1. The van der Waals surface area contributed by atoms with Crippen molar-refractivity contribution in [3.05, 3.63) is 30.3 Å². The number of rotatable bonds is 2. The van der Waals surface area contributed by atoms with Crippen molar-refractivity contribution in [2.75, 3.05) is 0 Å². The Hall–Kier alpha value is -0.960. The molecule has 2 nitrogen and oxygen atoms in total. The summed E-state index contributed by atoms with van der Waals surface area (Å²) in [6.45, 7) is 3.39. The summed E-state index contributed by atoms with van der Waals surface area (Å²) in [6.07, 6.45) is 0. The van der Waals surface area contributed by atoms with Crippen LogP contribution in [0.25, 0.3) is 0 Å². The molecule has 0 bridgehead atoms. The van der Waals surface area contributed by atoms with Crippen molar-refractivity contribution in [1.82, 2.24) is 0 Å². The molecule has 70 valence electrons. The number of benzene rings is 1. The molecule has 0 aliphatic carbocycles. The summed E-state index contributed by atoms with van der Waals surface area (Å²) in [5, 5.41) is 0. The summed E-state index contributed by atoms with van der Waals surface area (Å²) in [6, 6.07) is 8.96. The topological polar surface area (TPSA) is 26.3 Å². The van der Waals surface area contributed by atoms with Crippen LogP contribution in [0.2, 0.25) is 0 Å². The Morgan fingerprint density at radius 1 is 1.31 bits per heavy atom. The van der Waals surface area contributed by atoms with Gasteiger partial charge in [-0.3, -0.25) is 4.79 Å². The first-order valence-electron chi connectivity index (χ1n) is 4.00. The maximum Gasteiger partial charge on any atom is 0.326 e. The van der Waals surface area contributed by atoms with Gasteiger partial charge in [0.15, 0.2) is 0 Å². The van der Waals surface area contributed by atoms with Crippen molar-refractivity contribution in [3.63, 3.8) is 0 Å². The van der Waals surface area contributed by atoms with E-state index in [-0.39, 0.29) is 5.97 Å². The van der Waals surface area contributed by atoms with E-state index in [0.717, 1.165) is 0 Å². The van der Waals surface area contributed by atoms with E-state index in [2.05, 4.69) is 12.6 Å². The van der Waals surface area contributed by atoms with Gasteiger partial charge < -0.3 is 4.74 Å². The number of hydrogen-bond acceptors (Lipinski definition) is 3. The van der Waals surface area contributed by atoms with Crippen LogP contribution in [0.4, 0.5) is 0 Å². The van der Waals surface area contributed by atoms with Gasteiger partial charge >= 0.3 is 5.97 Å². The van der Waals surface area contributed by atoms with Crippen LogP contribution in [0.1, 0.15) is 13.8 Å². The first-order valence-corrected chi connectivity index (χ1v) is 4.44. The molecule has 13 heavy (non-hydrogen) atoms. The van der Waals surface area contributed by atoms with Crippen LogP contribution in [0.15, 0.2) is 30.3 Å².